The Morgan fingerprint density at radius 3 is 2.56 bits per heavy atom. The first-order chi connectivity index (χ1) is 8.74. The fourth-order valence-corrected chi connectivity index (χ4v) is 2.49. The third-order valence-electron chi connectivity index (χ3n) is 3.63. The van der Waals surface area contributed by atoms with Crippen LogP contribution in [0.4, 0.5) is 5.95 Å². The number of aromatic nitrogens is 4. The van der Waals surface area contributed by atoms with Crippen molar-refractivity contribution in [2.75, 3.05) is 31.1 Å². The summed E-state index contributed by atoms with van der Waals surface area (Å²) in [6.07, 6.45) is 1.73. The van der Waals surface area contributed by atoms with Crippen molar-refractivity contribution >= 4 is 11.9 Å². The summed E-state index contributed by atoms with van der Waals surface area (Å²) in [5.41, 5.74) is 1.19. The van der Waals surface area contributed by atoms with Gasteiger partial charge < -0.3 is 9.80 Å². The van der Waals surface area contributed by atoms with Crippen LogP contribution in [0.3, 0.4) is 0 Å². The number of nitrogens with zero attached hydrogens (tertiary/aromatic N) is 5. The lowest BCUT2D eigenvalue weighted by molar-refractivity contribution is -0.137. The van der Waals surface area contributed by atoms with Gasteiger partial charge in [0.05, 0.1) is 0 Å². The molecule has 1 amide bonds. The molecule has 0 unspecified atom stereocenters. The maximum absolute atomic E-state index is 12.1. The number of amides is 1. The Labute approximate surface area is 105 Å². The minimum absolute atomic E-state index is 0.175. The second-order valence-electron chi connectivity index (χ2n) is 4.88. The second-order valence-corrected chi connectivity index (χ2v) is 4.88. The average molecular weight is 248 g/mol. The van der Waals surface area contributed by atoms with E-state index in [-0.39, 0.29) is 11.8 Å². The normalized spacial score (nSPS) is 21.0. The standard InChI is InChI=1S/C11H16N6O/c1-8-6-9(7-8)10(18)16-2-4-17(5-3-16)11-12-14-15-13-11/h9H,1-7H2,(H,12,13,14,15). The van der Waals surface area contributed by atoms with Gasteiger partial charge in [0, 0.05) is 32.1 Å². The van der Waals surface area contributed by atoms with Crippen LogP contribution in [0.1, 0.15) is 12.8 Å². The molecular weight excluding hydrogens is 232 g/mol. The molecular formula is C11H16N6O. The summed E-state index contributed by atoms with van der Waals surface area (Å²) in [7, 11) is 0. The van der Waals surface area contributed by atoms with Gasteiger partial charge >= 0.3 is 0 Å². The molecule has 0 bridgehead atoms. The monoisotopic (exact) mass is 248 g/mol. The van der Waals surface area contributed by atoms with Gasteiger partial charge in [0.1, 0.15) is 0 Å². The Morgan fingerprint density at radius 1 is 1.28 bits per heavy atom. The van der Waals surface area contributed by atoms with Crippen LogP contribution in [-0.2, 0) is 4.79 Å². The highest BCUT2D eigenvalue weighted by Gasteiger charge is 2.33. The zero-order valence-electron chi connectivity index (χ0n) is 10.2. The van der Waals surface area contributed by atoms with Crippen LogP contribution in [0, 0.1) is 5.92 Å². The summed E-state index contributed by atoms with van der Waals surface area (Å²) < 4.78 is 0. The first-order valence-corrected chi connectivity index (χ1v) is 6.18. The Kier molecular flexibility index (Phi) is 2.73. The third kappa shape index (κ3) is 1.96. The van der Waals surface area contributed by atoms with Crippen LogP contribution in [0.25, 0.3) is 0 Å². The summed E-state index contributed by atoms with van der Waals surface area (Å²) in [5, 5.41) is 13.9. The van der Waals surface area contributed by atoms with Crippen LogP contribution >= 0.6 is 0 Å². The lowest BCUT2D eigenvalue weighted by Crippen LogP contribution is -2.51. The molecule has 18 heavy (non-hydrogen) atoms. The van der Waals surface area contributed by atoms with Crippen molar-refractivity contribution in [3.63, 3.8) is 0 Å². The zero-order chi connectivity index (χ0) is 12.5. The highest BCUT2D eigenvalue weighted by Crippen LogP contribution is 2.33. The van der Waals surface area contributed by atoms with E-state index in [0.29, 0.717) is 5.95 Å². The molecule has 2 aliphatic rings. The van der Waals surface area contributed by atoms with Gasteiger partial charge in [-0.25, -0.2) is 0 Å². The fraction of sp³-hybridized carbons (Fsp3) is 0.636. The van der Waals surface area contributed by atoms with E-state index >= 15 is 0 Å². The molecule has 0 spiro atoms. The van der Waals surface area contributed by atoms with E-state index in [9.17, 15) is 4.79 Å². The number of anilines is 1. The largest absolute Gasteiger partial charge is 0.339 e. The third-order valence-corrected chi connectivity index (χ3v) is 3.63. The summed E-state index contributed by atoms with van der Waals surface area (Å²) in [4.78, 5) is 16.1. The number of allylic oxidation sites excluding steroid dienone is 1. The number of hydrogen-bond acceptors (Lipinski definition) is 5. The van der Waals surface area contributed by atoms with E-state index in [1.54, 1.807) is 0 Å². The summed E-state index contributed by atoms with van der Waals surface area (Å²) >= 11 is 0. The van der Waals surface area contributed by atoms with Gasteiger partial charge in [0.25, 0.3) is 5.95 Å². The van der Waals surface area contributed by atoms with E-state index in [1.165, 1.54) is 5.57 Å². The molecule has 0 aromatic carbocycles. The maximum atomic E-state index is 12.1. The van der Waals surface area contributed by atoms with Crippen molar-refractivity contribution in [3.8, 4) is 0 Å². The molecule has 1 saturated heterocycles. The van der Waals surface area contributed by atoms with Crippen LogP contribution in [0.15, 0.2) is 12.2 Å². The molecule has 7 nitrogen and oxygen atoms in total. The molecule has 1 aliphatic heterocycles. The van der Waals surface area contributed by atoms with Crippen molar-refractivity contribution in [1.29, 1.82) is 0 Å². The van der Waals surface area contributed by atoms with Gasteiger partial charge in [-0.2, -0.15) is 5.21 Å². The first-order valence-electron chi connectivity index (χ1n) is 6.18. The Hall–Kier alpha value is -1.92. The Balaban J connectivity index is 1.54. The molecule has 0 radical (unpaired) electrons. The molecule has 0 atom stereocenters. The van der Waals surface area contributed by atoms with Crippen molar-refractivity contribution in [2.24, 2.45) is 5.92 Å². The zero-order valence-corrected chi connectivity index (χ0v) is 10.2. The highest BCUT2D eigenvalue weighted by molar-refractivity contribution is 5.81. The predicted molar refractivity (Wildman–Crippen MR) is 64.8 cm³/mol. The van der Waals surface area contributed by atoms with Gasteiger partial charge in [-0.1, -0.05) is 17.3 Å². The van der Waals surface area contributed by atoms with Crippen molar-refractivity contribution in [1.82, 2.24) is 25.5 Å². The SMILES string of the molecule is C=C1CC(C(=O)N2CCN(c3nn[nH]n3)CC2)C1. The number of H-pyrrole nitrogens is 1. The number of tetrazole rings is 1. The van der Waals surface area contributed by atoms with Gasteiger partial charge in [-0.15, -0.1) is 5.10 Å². The quantitative estimate of drug-likeness (QED) is 0.734. The second kappa shape index (κ2) is 4.40. The molecule has 1 saturated carbocycles. The average Bonchev–Trinajstić information content (AvgIpc) is 2.88. The lowest BCUT2D eigenvalue weighted by atomic mass is 9.80. The van der Waals surface area contributed by atoms with E-state index < -0.39 is 0 Å². The van der Waals surface area contributed by atoms with Crippen LogP contribution in [0.5, 0.6) is 0 Å². The van der Waals surface area contributed by atoms with Gasteiger partial charge in [-0.3, -0.25) is 4.79 Å². The minimum Gasteiger partial charge on any atom is -0.339 e. The van der Waals surface area contributed by atoms with E-state index in [1.807, 2.05) is 9.80 Å². The van der Waals surface area contributed by atoms with Gasteiger partial charge in [-0.05, 0) is 18.1 Å². The predicted octanol–water partition coefficient (Wildman–Crippen LogP) is -0.186. The summed E-state index contributed by atoms with van der Waals surface area (Å²) in [5.74, 6) is 1.06. The topological polar surface area (TPSA) is 78.0 Å². The number of carbonyl (C=O) groups is 1. The van der Waals surface area contributed by atoms with Crippen molar-refractivity contribution in [2.45, 2.75) is 12.8 Å². The number of carbonyl (C=O) groups excluding carboxylic acids is 1. The lowest BCUT2D eigenvalue weighted by Gasteiger charge is -2.38. The molecule has 1 aromatic heterocycles. The smallest absolute Gasteiger partial charge is 0.265 e. The number of rotatable bonds is 2. The van der Waals surface area contributed by atoms with Crippen molar-refractivity contribution < 1.29 is 4.79 Å². The molecule has 1 aliphatic carbocycles. The summed E-state index contributed by atoms with van der Waals surface area (Å²) in [6, 6.07) is 0. The van der Waals surface area contributed by atoms with Gasteiger partial charge in [0.2, 0.25) is 5.91 Å². The van der Waals surface area contributed by atoms with E-state index in [4.69, 9.17) is 0 Å². The Morgan fingerprint density at radius 2 is 2.00 bits per heavy atom. The van der Waals surface area contributed by atoms with Gasteiger partial charge in [0.15, 0.2) is 0 Å². The highest BCUT2D eigenvalue weighted by atomic mass is 16.2. The van der Waals surface area contributed by atoms with Crippen LogP contribution in [0.2, 0.25) is 0 Å². The Bertz CT molecular complexity index is 440. The molecule has 2 heterocycles. The first kappa shape index (κ1) is 11.2. The van der Waals surface area contributed by atoms with Crippen molar-refractivity contribution in [3.05, 3.63) is 12.2 Å². The molecule has 2 fully saturated rings. The molecule has 7 heteroatoms. The van der Waals surface area contributed by atoms with E-state index in [2.05, 4.69) is 27.2 Å². The van der Waals surface area contributed by atoms with Crippen LogP contribution in [-0.4, -0.2) is 57.6 Å². The summed E-state index contributed by atoms with van der Waals surface area (Å²) in [6.45, 7) is 6.87. The molecule has 1 aromatic rings. The number of aromatic amines is 1. The fourth-order valence-electron chi connectivity index (χ4n) is 2.49. The number of hydrogen-bond donors (Lipinski definition) is 1. The number of piperazine rings is 1. The van der Waals surface area contributed by atoms with Crippen LogP contribution < -0.4 is 4.90 Å². The molecule has 3 rings (SSSR count). The minimum atomic E-state index is 0.175. The maximum Gasteiger partial charge on any atom is 0.265 e. The van der Waals surface area contributed by atoms with E-state index in [0.717, 1.165) is 39.0 Å². The molecule has 96 valence electrons. The molecule has 1 N–H and O–H groups in total. The number of nitrogens with one attached hydrogen (secondary N) is 1.